The van der Waals surface area contributed by atoms with Gasteiger partial charge in [0.2, 0.25) is 11.8 Å². The summed E-state index contributed by atoms with van der Waals surface area (Å²) in [6.07, 6.45) is 4.64. The number of rotatable bonds is 16. The van der Waals surface area contributed by atoms with Gasteiger partial charge in [-0.3, -0.25) is 24.0 Å². The highest BCUT2D eigenvalue weighted by molar-refractivity contribution is 6.29. The topological polar surface area (TPSA) is 264 Å². The number of carbonyl (C=O) groups excluding carboxylic acids is 5. The lowest BCUT2D eigenvalue weighted by Crippen LogP contribution is -2.59. The Bertz CT molecular complexity index is 2450. The Kier molecular flexibility index (Phi) is 15.5. The summed E-state index contributed by atoms with van der Waals surface area (Å²) in [6.45, 7) is 8.00. The summed E-state index contributed by atoms with van der Waals surface area (Å²) in [7, 11) is 1.41. The van der Waals surface area contributed by atoms with Crippen LogP contribution in [0.2, 0.25) is 0 Å². The zero-order valence-electron chi connectivity index (χ0n) is 43.3. The highest BCUT2D eigenvalue weighted by Crippen LogP contribution is 2.68. The molecule has 17 atom stereocenters. The van der Waals surface area contributed by atoms with Gasteiger partial charge in [-0.25, -0.2) is 0 Å². The summed E-state index contributed by atoms with van der Waals surface area (Å²) in [6, 6.07) is 5.94. The molecular weight excluding hydrogens is 935 g/mol. The fourth-order valence-electron chi connectivity index (χ4n) is 15.7. The molecule has 6 aliphatic carbocycles. The van der Waals surface area contributed by atoms with Crippen LogP contribution in [0.3, 0.4) is 0 Å². The largest absolute Gasteiger partial charge is 0.496 e. The lowest BCUT2D eigenvalue weighted by Gasteiger charge is -2.62. The first kappa shape index (κ1) is 53.7. The second-order valence-electron chi connectivity index (χ2n) is 23.7. The van der Waals surface area contributed by atoms with E-state index in [4.69, 9.17) is 19.9 Å². The fraction of sp³-hybridized carbons (Fsp3) is 0.702. The van der Waals surface area contributed by atoms with Gasteiger partial charge in [-0.1, -0.05) is 32.9 Å². The first-order valence-electron chi connectivity index (χ1n) is 27.2. The molecule has 0 bridgehead atoms. The van der Waals surface area contributed by atoms with Crippen LogP contribution in [0.4, 0.5) is 0 Å². The number of aliphatic hydroxyl groups is 5. The number of hydrogen-bond donors (Lipinski definition) is 8. The molecule has 1 aliphatic heterocycles. The highest BCUT2D eigenvalue weighted by Gasteiger charge is 2.64. The van der Waals surface area contributed by atoms with E-state index in [-0.39, 0.29) is 88.4 Å². The molecule has 1 saturated heterocycles. The van der Waals surface area contributed by atoms with Gasteiger partial charge < -0.3 is 56.1 Å². The predicted molar refractivity (Wildman–Crippen MR) is 268 cm³/mol. The van der Waals surface area contributed by atoms with Gasteiger partial charge in [0.05, 0.1) is 43.1 Å². The zero-order chi connectivity index (χ0) is 52.3. The molecule has 2 aromatic rings. The Hall–Kier alpha value is -4.13. The molecule has 73 heavy (non-hydrogen) atoms. The Morgan fingerprint density at radius 3 is 2.44 bits per heavy atom. The van der Waals surface area contributed by atoms with E-state index in [1.54, 1.807) is 19.1 Å². The quantitative estimate of drug-likeness (QED) is 0.0900. The van der Waals surface area contributed by atoms with E-state index >= 15 is 0 Å². The summed E-state index contributed by atoms with van der Waals surface area (Å²) >= 11 is 0. The Labute approximate surface area is 428 Å². The van der Waals surface area contributed by atoms with Gasteiger partial charge in [-0.15, -0.1) is 0 Å². The number of fused-ring (bicyclic) bond motifs is 8. The van der Waals surface area contributed by atoms with E-state index in [2.05, 4.69) is 31.4 Å². The molecule has 16 nitrogen and oxygen atoms in total. The van der Waals surface area contributed by atoms with Crippen LogP contribution in [-0.4, -0.2) is 123 Å². The lowest BCUT2D eigenvalue weighted by molar-refractivity contribution is -0.249. The standard InChI is InChI=1S/C57H79N3O13/c1-29(39-15-16-40-34-14-13-32-22-33(62)18-19-55(32,3)41(34)24-46(63)56(39,40)4)12-17-48(65)59-42(10-6-7-20-58)54(69)60-43-25-49(72-30(2)51(43)66)73-45-27-57(70,47(64)28-61)26-31-21-37-38(23-36(31)45)53(68)50-35(52(37)67)9-8-11-44(50)71-5/h8-9,11,21,23,29-30,32-34,39-43,45-46,49,51,61-63,66,70H,6-7,10,12-20,22,24-28,58H2,1-5H3,(H,59,65)(H,60,69)/t29-,30?,32-,33-,34+,39-,40?,41+,42?,43?,45?,46+,49?,51?,55+,56-,57+/m1/s1. The Morgan fingerprint density at radius 1 is 0.932 bits per heavy atom. The van der Waals surface area contributed by atoms with Gasteiger partial charge in [-0.05, 0) is 166 Å². The van der Waals surface area contributed by atoms with Crippen LogP contribution in [0.25, 0.3) is 0 Å². The van der Waals surface area contributed by atoms with Crippen LogP contribution in [-0.2, 0) is 30.3 Å². The van der Waals surface area contributed by atoms with E-state index in [1.165, 1.54) is 25.3 Å². The van der Waals surface area contributed by atoms with Crippen LogP contribution >= 0.6 is 0 Å². The molecule has 9 N–H and O–H groups in total. The number of ketones is 3. The summed E-state index contributed by atoms with van der Waals surface area (Å²) < 4.78 is 18.1. The van der Waals surface area contributed by atoms with Crippen LogP contribution in [0.1, 0.15) is 173 Å². The molecule has 2 amide bonds. The van der Waals surface area contributed by atoms with Gasteiger partial charge >= 0.3 is 0 Å². The smallest absolute Gasteiger partial charge is 0.242 e. The molecule has 400 valence electrons. The maximum Gasteiger partial charge on any atom is 0.242 e. The molecule has 7 unspecified atom stereocenters. The average Bonchev–Trinajstić information content (AvgIpc) is 3.74. The zero-order valence-corrected chi connectivity index (χ0v) is 43.3. The van der Waals surface area contributed by atoms with Crippen molar-refractivity contribution in [2.24, 2.45) is 52.1 Å². The normalized spacial score (nSPS) is 37.3. The average molecular weight is 1010 g/mol. The lowest BCUT2D eigenvalue weighted by atomic mass is 9.43. The second-order valence-corrected chi connectivity index (χ2v) is 23.7. The summed E-state index contributed by atoms with van der Waals surface area (Å²) in [5.41, 5.74) is 4.91. The van der Waals surface area contributed by atoms with Crippen molar-refractivity contribution in [3.8, 4) is 5.75 Å². The second kappa shape index (κ2) is 21.1. The molecular formula is C57H79N3O13. The molecule has 0 spiro atoms. The van der Waals surface area contributed by atoms with Crippen molar-refractivity contribution in [1.29, 1.82) is 0 Å². The van der Waals surface area contributed by atoms with E-state index in [9.17, 15) is 49.5 Å². The molecule has 2 aromatic carbocycles. The molecule has 1 heterocycles. The van der Waals surface area contributed by atoms with Gasteiger partial charge in [0, 0.05) is 42.4 Å². The first-order chi connectivity index (χ1) is 34.8. The third-order valence-corrected chi connectivity index (χ3v) is 19.8. The number of amides is 2. The minimum atomic E-state index is -2.10. The van der Waals surface area contributed by atoms with E-state index in [0.29, 0.717) is 67.0 Å². The fourth-order valence-corrected chi connectivity index (χ4v) is 15.7. The maximum atomic E-state index is 14.2. The number of aliphatic hydroxyl groups excluding tert-OH is 4. The number of nitrogens with two attached hydrogens (primary N) is 1. The number of carbonyl (C=O) groups is 5. The molecule has 5 fully saturated rings. The van der Waals surface area contributed by atoms with Crippen LogP contribution in [0.15, 0.2) is 30.3 Å². The third-order valence-electron chi connectivity index (χ3n) is 19.8. The number of Topliss-reactive ketones (excluding diaryl/α,β-unsaturated/α-hetero) is 1. The molecule has 0 aromatic heterocycles. The molecule has 9 rings (SSSR count). The monoisotopic (exact) mass is 1010 g/mol. The summed E-state index contributed by atoms with van der Waals surface area (Å²) in [4.78, 5) is 69.1. The van der Waals surface area contributed by atoms with E-state index in [1.807, 2.05) is 0 Å². The number of hydrogen-bond acceptors (Lipinski definition) is 14. The minimum Gasteiger partial charge on any atom is -0.496 e. The Balaban J connectivity index is 0.863. The molecule has 16 heteroatoms. The van der Waals surface area contributed by atoms with Crippen LogP contribution in [0, 0.1) is 46.3 Å². The van der Waals surface area contributed by atoms with Crippen LogP contribution in [0.5, 0.6) is 5.75 Å². The van der Waals surface area contributed by atoms with Crippen molar-refractivity contribution in [1.82, 2.24) is 10.6 Å². The third kappa shape index (κ3) is 9.74. The number of ether oxygens (including phenoxy) is 3. The number of methoxy groups -OCH3 is 1. The van der Waals surface area contributed by atoms with Gasteiger partial charge in [0.1, 0.15) is 30.1 Å². The SMILES string of the molecule is COc1cccc2c1C(=O)c1cc3c(cc1C2=O)C[C@@](O)(C(=O)CO)CC3OC1CC(NC(=O)C(CCCCN)NC(=O)CC[C@@H](C)[C@H]2CCC3[C@@H]4CC[C@@H]5C[C@H](O)CC[C@]5(C)[C@H]4C[C@H](O)[C@@]32C)C(O)C(C)O1. The predicted octanol–water partition coefficient (Wildman–Crippen LogP) is 4.77. The first-order valence-corrected chi connectivity index (χ1v) is 27.2. The van der Waals surface area contributed by atoms with Crippen LogP contribution < -0.4 is 21.1 Å². The van der Waals surface area contributed by atoms with Crippen molar-refractivity contribution in [3.63, 3.8) is 0 Å². The number of unbranched alkanes of at least 4 members (excludes halogenated alkanes) is 1. The van der Waals surface area contributed by atoms with E-state index < -0.39 is 78.3 Å². The number of nitrogens with one attached hydrogen (secondary N) is 2. The van der Waals surface area contributed by atoms with Crippen molar-refractivity contribution < 1.29 is 63.7 Å². The van der Waals surface area contributed by atoms with Gasteiger partial charge in [-0.2, -0.15) is 0 Å². The van der Waals surface area contributed by atoms with Gasteiger partial charge in [0.25, 0.3) is 0 Å². The highest BCUT2D eigenvalue weighted by atomic mass is 16.7. The van der Waals surface area contributed by atoms with Crippen molar-refractivity contribution in [2.75, 3.05) is 20.3 Å². The molecule has 4 saturated carbocycles. The van der Waals surface area contributed by atoms with Crippen molar-refractivity contribution >= 4 is 29.2 Å². The molecule has 0 radical (unpaired) electrons. The minimum absolute atomic E-state index is 0.0685. The Morgan fingerprint density at radius 2 is 1.70 bits per heavy atom. The molecule has 7 aliphatic rings. The van der Waals surface area contributed by atoms with Gasteiger partial charge in [0.15, 0.2) is 23.6 Å². The maximum absolute atomic E-state index is 14.2. The van der Waals surface area contributed by atoms with Crippen molar-refractivity contribution in [2.45, 2.75) is 185 Å². The summed E-state index contributed by atoms with van der Waals surface area (Å²) in [5, 5.41) is 61.7. The van der Waals surface area contributed by atoms with E-state index in [0.717, 1.165) is 51.4 Å². The summed E-state index contributed by atoms with van der Waals surface area (Å²) in [5.74, 6) is 0.0953. The number of benzene rings is 2. The van der Waals surface area contributed by atoms with Crippen molar-refractivity contribution in [3.05, 3.63) is 63.7 Å².